The summed E-state index contributed by atoms with van der Waals surface area (Å²) in [6.45, 7) is 8.09. The average molecular weight is 212 g/mol. The minimum absolute atomic E-state index is 0.990. The Labute approximate surface area is 94.6 Å². The van der Waals surface area contributed by atoms with E-state index < -0.39 is 0 Å². The van der Waals surface area contributed by atoms with Gasteiger partial charge in [0.15, 0.2) is 0 Å². The van der Waals surface area contributed by atoms with E-state index in [9.17, 15) is 0 Å². The van der Waals surface area contributed by atoms with Gasteiger partial charge in [-0.05, 0) is 18.8 Å². The number of hydrogen-bond donors (Lipinski definition) is 2. The lowest BCUT2D eigenvalue weighted by molar-refractivity contribution is -0.948. The van der Waals surface area contributed by atoms with Crippen molar-refractivity contribution in [2.45, 2.75) is 45.1 Å². The smallest absolute Gasteiger partial charge is 0.127 e. The lowest BCUT2D eigenvalue weighted by Crippen LogP contribution is -3.19. The Balaban J connectivity index is 1.85. The highest BCUT2D eigenvalue weighted by Gasteiger charge is 2.29. The van der Waals surface area contributed by atoms with Crippen molar-refractivity contribution in [1.82, 2.24) is 0 Å². The molecule has 2 nitrogen and oxygen atoms in total. The Morgan fingerprint density at radius 1 is 0.933 bits per heavy atom. The van der Waals surface area contributed by atoms with E-state index in [4.69, 9.17) is 0 Å². The molecule has 1 aliphatic heterocycles. The third-order valence-electron chi connectivity index (χ3n) is 4.49. The maximum Gasteiger partial charge on any atom is 0.127 e. The second-order valence-corrected chi connectivity index (χ2v) is 5.94. The fourth-order valence-electron chi connectivity index (χ4n) is 3.45. The Bertz CT molecular complexity index is 193. The summed E-state index contributed by atoms with van der Waals surface area (Å²) in [4.78, 5) is 3.67. The van der Waals surface area contributed by atoms with Crippen molar-refractivity contribution >= 4 is 0 Å². The molecule has 0 amide bonds. The maximum absolute atomic E-state index is 2.45. The van der Waals surface area contributed by atoms with Crippen LogP contribution in [0.4, 0.5) is 0 Å². The van der Waals surface area contributed by atoms with Crippen LogP contribution in [0.2, 0.25) is 0 Å². The van der Waals surface area contributed by atoms with Crippen LogP contribution in [0.5, 0.6) is 0 Å². The Hall–Kier alpha value is -0.0800. The molecule has 15 heavy (non-hydrogen) atoms. The van der Waals surface area contributed by atoms with Crippen molar-refractivity contribution in [1.29, 1.82) is 0 Å². The predicted molar refractivity (Wildman–Crippen MR) is 63.4 cm³/mol. The first-order valence-electron chi connectivity index (χ1n) is 6.91. The number of rotatable bonds is 1. The van der Waals surface area contributed by atoms with Gasteiger partial charge in [0.1, 0.15) is 13.1 Å². The first-order chi connectivity index (χ1) is 7.25. The number of hydrogen-bond acceptors (Lipinski definition) is 0. The molecule has 2 fully saturated rings. The minimum atomic E-state index is 0.990. The van der Waals surface area contributed by atoms with Crippen LogP contribution in [0, 0.1) is 5.92 Å². The molecule has 1 saturated carbocycles. The summed E-state index contributed by atoms with van der Waals surface area (Å²) >= 11 is 0. The fourth-order valence-corrected chi connectivity index (χ4v) is 3.45. The van der Waals surface area contributed by atoms with Crippen LogP contribution >= 0.6 is 0 Å². The molecule has 1 heterocycles. The van der Waals surface area contributed by atoms with Crippen molar-refractivity contribution < 1.29 is 9.80 Å². The zero-order valence-corrected chi connectivity index (χ0v) is 10.5. The Kier molecular flexibility index (Phi) is 4.04. The molecular formula is C13H28N2+2. The van der Waals surface area contributed by atoms with Gasteiger partial charge in [-0.3, -0.25) is 0 Å². The topological polar surface area (TPSA) is 8.88 Å². The molecule has 0 bridgehead atoms. The van der Waals surface area contributed by atoms with E-state index in [1.54, 1.807) is 4.90 Å². The lowest BCUT2D eigenvalue weighted by atomic mass is 9.86. The molecule has 0 aromatic heterocycles. The van der Waals surface area contributed by atoms with Crippen molar-refractivity contribution in [3.05, 3.63) is 0 Å². The summed E-state index contributed by atoms with van der Waals surface area (Å²) in [6, 6.07) is 1.000. The van der Waals surface area contributed by atoms with E-state index in [1.165, 1.54) is 58.3 Å². The van der Waals surface area contributed by atoms with Crippen LogP contribution in [-0.4, -0.2) is 39.3 Å². The molecule has 0 spiro atoms. The molecule has 2 heteroatoms. The number of quaternary nitrogens is 2. The van der Waals surface area contributed by atoms with Crippen molar-refractivity contribution in [3.63, 3.8) is 0 Å². The van der Waals surface area contributed by atoms with Gasteiger partial charge >= 0.3 is 0 Å². The molecule has 2 rings (SSSR count). The van der Waals surface area contributed by atoms with Crippen molar-refractivity contribution in [2.24, 2.45) is 5.92 Å². The molecule has 0 aromatic rings. The summed E-state index contributed by atoms with van der Waals surface area (Å²) in [5.74, 6) is 0.990. The molecule has 2 aliphatic rings. The van der Waals surface area contributed by atoms with Crippen molar-refractivity contribution in [2.75, 3.05) is 33.2 Å². The summed E-state index contributed by atoms with van der Waals surface area (Å²) < 4.78 is 0. The van der Waals surface area contributed by atoms with Crippen LogP contribution in [0.3, 0.4) is 0 Å². The molecule has 2 N–H and O–H groups in total. The molecule has 4 atom stereocenters. The zero-order chi connectivity index (χ0) is 10.7. The van der Waals surface area contributed by atoms with Gasteiger partial charge in [0.25, 0.3) is 0 Å². The first-order valence-corrected chi connectivity index (χ1v) is 6.91. The summed E-state index contributed by atoms with van der Waals surface area (Å²) in [5.41, 5.74) is 0. The van der Waals surface area contributed by atoms with Crippen LogP contribution in [0.25, 0.3) is 0 Å². The largest absolute Gasteiger partial charge is 0.333 e. The van der Waals surface area contributed by atoms with Gasteiger partial charge in [-0.1, -0.05) is 13.3 Å². The number of nitrogens with one attached hydrogen (secondary N) is 2. The van der Waals surface area contributed by atoms with E-state index in [-0.39, 0.29) is 0 Å². The van der Waals surface area contributed by atoms with Crippen LogP contribution in [-0.2, 0) is 0 Å². The highest BCUT2D eigenvalue weighted by atomic mass is 15.2. The van der Waals surface area contributed by atoms with E-state index in [2.05, 4.69) is 14.0 Å². The van der Waals surface area contributed by atoms with E-state index in [1.807, 2.05) is 4.90 Å². The predicted octanol–water partition coefficient (Wildman–Crippen LogP) is -0.632. The van der Waals surface area contributed by atoms with Crippen LogP contribution in [0.15, 0.2) is 0 Å². The third kappa shape index (κ3) is 3.18. The third-order valence-corrected chi connectivity index (χ3v) is 4.49. The average Bonchev–Trinajstić information content (AvgIpc) is 2.43. The van der Waals surface area contributed by atoms with Crippen LogP contribution < -0.4 is 9.80 Å². The maximum atomic E-state index is 2.45. The normalized spacial score (nSPS) is 43.6. The van der Waals surface area contributed by atoms with E-state index in [0.29, 0.717) is 0 Å². The van der Waals surface area contributed by atoms with Gasteiger partial charge in [0.2, 0.25) is 0 Å². The Morgan fingerprint density at radius 3 is 2.60 bits per heavy atom. The molecule has 1 saturated heterocycles. The summed E-state index contributed by atoms with van der Waals surface area (Å²) in [5, 5.41) is 0. The fraction of sp³-hybridized carbons (Fsp3) is 1.00. The monoisotopic (exact) mass is 212 g/mol. The number of likely N-dealkylation sites (N-methyl/N-ethyl adjacent to an activating group) is 1. The van der Waals surface area contributed by atoms with E-state index in [0.717, 1.165) is 12.0 Å². The summed E-state index contributed by atoms with van der Waals surface area (Å²) in [7, 11) is 2.35. The quantitative estimate of drug-likeness (QED) is 0.573. The van der Waals surface area contributed by atoms with E-state index >= 15 is 0 Å². The van der Waals surface area contributed by atoms with Gasteiger partial charge < -0.3 is 9.80 Å². The molecule has 88 valence electrons. The second-order valence-electron chi connectivity index (χ2n) is 5.94. The van der Waals surface area contributed by atoms with Gasteiger partial charge in [0.05, 0.1) is 26.2 Å². The van der Waals surface area contributed by atoms with Crippen LogP contribution in [0.1, 0.15) is 39.0 Å². The molecule has 1 aliphatic carbocycles. The SMILES string of the molecule is C[C@@H]1CCC[C@H]([NH+]2CCC[NH+](C)CC2)C1. The minimum Gasteiger partial charge on any atom is -0.333 e. The van der Waals surface area contributed by atoms with Crippen molar-refractivity contribution in [3.8, 4) is 0 Å². The zero-order valence-electron chi connectivity index (χ0n) is 10.5. The van der Waals surface area contributed by atoms with Gasteiger partial charge in [-0.25, -0.2) is 0 Å². The summed E-state index contributed by atoms with van der Waals surface area (Å²) in [6.07, 6.45) is 7.39. The lowest BCUT2D eigenvalue weighted by Gasteiger charge is -2.32. The van der Waals surface area contributed by atoms with Gasteiger partial charge in [-0.15, -0.1) is 0 Å². The second kappa shape index (κ2) is 5.31. The standard InChI is InChI=1S/C13H26N2/c1-12-5-3-6-13(11-12)15-8-4-7-14(2)9-10-15/h12-13H,3-11H2,1-2H3/p+2/t12-,13+/m1/s1. The first kappa shape index (κ1) is 11.4. The molecular weight excluding hydrogens is 184 g/mol. The molecule has 0 radical (unpaired) electrons. The Morgan fingerprint density at radius 2 is 1.80 bits per heavy atom. The highest BCUT2D eigenvalue weighted by molar-refractivity contribution is 4.69. The molecule has 0 aromatic carbocycles. The molecule has 2 unspecified atom stereocenters. The van der Waals surface area contributed by atoms with Gasteiger partial charge in [0, 0.05) is 12.8 Å². The highest BCUT2D eigenvalue weighted by Crippen LogP contribution is 2.21. The van der Waals surface area contributed by atoms with Gasteiger partial charge in [-0.2, -0.15) is 0 Å².